The molecule has 2 aromatic carbocycles. The molecular weight excluding hydrogens is 376 g/mol. The SMILES string of the molecule is CC[C@H](C(=O)N(C)c1nc(-c2ccccc2Cl)cs1)C(C)c1ccccc1. The van der Waals surface area contributed by atoms with Gasteiger partial charge in [0, 0.05) is 28.9 Å². The molecule has 27 heavy (non-hydrogen) atoms. The number of benzene rings is 2. The predicted molar refractivity (Wildman–Crippen MR) is 115 cm³/mol. The maximum absolute atomic E-state index is 13.2. The molecule has 0 aliphatic rings. The van der Waals surface area contributed by atoms with E-state index in [9.17, 15) is 4.79 Å². The number of carbonyl (C=O) groups is 1. The van der Waals surface area contributed by atoms with Gasteiger partial charge >= 0.3 is 0 Å². The molecule has 1 aromatic heterocycles. The van der Waals surface area contributed by atoms with Crippen molar-refractivity contribution >= 4 is 34.0 Å². The Hall–Kier alpha value is -2.17. The van der Waals surface area contributed by atoms with E-state index in [1.54, 1.807) is 11.9 Å². The van der Waals surface area contributed by atoms with Crippen LogP contribution in [0.4, 0.5) is 5.13 Å². The van der Waals surface area contributed by atoms with E-state index < -0.39 is 0 Å². The van der Waals surface area contributed by atoms with Gasteiger partial charge in [-0.2, -0.15) is 0 Å². The van der Waals surface area contributed by atoms with Gasteiger partial charge < -0.3 is 0 Å². The fourth-order valence-electron chi connectivity index (χ4n) is 3.28. The van der Waals surface area contributed by atoms with Crippen molar-refractivity contribution < 1.29 is 4.79 Å². The van der Waals surface area contributed by atoms with E-state index >= 15 is 0 Å². The first-order valence-electron chi connectivity index (χ1n) is 9.05. The van der Waals surface area contributed by atoms with Crippen LogP contribution in [0.5, 0.6) is 0 Å². The first-order valence-corrected chi connectivity index (χ1v) is 10.3. The van der Waals surface area contributed by atoms with Crippen LogP contribution in [0.3, 0.4) is 0 Å². The first-order chi connectivity index (χ1) is 13.0. The van der Waals surface area contributed by atoms with E-state index in [0.29, 0.717) is 10.2 Å². The molecule has 0 N–H and O–H groups in total. The highest BCUT2D eigenvalue weighted by molar-refractivity contribution is 7.14. The molecule has 1 amide bonds. The van der Waals surface area contributed by atoms with E-state index in [0.717, 1.165) is 17.7 Å². The van der Waals surface area contributed by atoms with Crippen LogP contribution < -0.4 is 4.90 Å². The van der Waals surface area contributed by atoms with Crippen molar-refractivity contribution in [3.05, 3.63) is 70.6 Å². The monoisotopic (exact) mass is 398 g/mol. The van der Waals surface area contributed by atoms with Gasteiger partial charge in [-0.15, -0.1) is 11.3 Å². The summed E-state index contributed by atoms with van der Waals surface area (Å²) in [6, 6.07) is 17.8. The first kappa shape index (κ1) is 19.6. The Kier molecular flexibility index (Phi) is 6.30. The summed E-state index contributed by atoms with van der Waals surface area (Å²) in [6.07, 6.45) is 0.780. The normalized spacial score (nSPS) is 13.2. The second kappa shape index (κ2) is 8.68. The molecule has 1 unspecified atom stereocenters. The van der Waals surface area contributed by atoms with Gasteiger partial charge in [-0.05, 0) is 24.0 Å². The molecule has 3 nitrogen and oxygen atoms in total. The maximum Gasteiger partial charge on any atom is 0.232 e. The number of halogens is 1. The highest BCUT2D eigenvalue weighted by atomic mass is 35.5. The van der Waals surface area contributed by atoms with Gasteiger partial charge in [-0.3, -0.25) is 9.69 Å². The van der Waals surface area contributed by atoms with E-state index in [1.165, 1.54) is 16.9 Å². The number of hydrogen-bond donors (Lipinski definition) is 0. The number of hydrogen-bond acceptors (Lipinski definition) is 3. The molecule has 0 saturated carbocycles. The van der Waals surface area contributed by atoms with Gasteiger partial charge in [0.15, 0.2) is 5.13 Å². The molecule has 0 spiro atoms. The summed E-state index contributed by atoms with van der Waals surface area (Å²) >= 11 is 7.74. The summed E-state index contributed by atoms with van der Waals surface area (Å²) < 4.78 is 0. The molecule has 0 radical (unpaired) electrons. The lowest BCUT2D eigenvalue weighted by molar-refractivity contribution is -0.122. The van der Waals surface area contributed by atoms with Crippen LogP contribution in [0.1, 0.15) is 31.7 Å². The van der Waals surface area contributed by atoms with Crippen LogP contribution in [0, 0.1) is 5.92 Å². The quantitative estimate of drug-likeness (QED) is 0.491. The molecule has 0 aliphatic heterocycles. The minimum atomic E-state index is -0.0925. The number of nitrogens with zero attached hydrogens (tertiary/aromatic N) is 2. The molecule has 0 fully saturated rings. The maximum atomic E-state index is 13.2. The highest BCUT2D eigenvalue weighted by Crippen LogP contribution is 2.34. The molecular formula is C22H23ClN2OS. The summed E-state index contributed by atoms with van der Waals surface area (Å²) in [6.45, 7) is 4.18. The van der Waals surface area contributed by atoms with Crippen LogP contribution in [0.15, 0.2) is 60.0 Å². The molecule has 1 heterocycles. The summed E-state index contributed by atoms with van der Waals surface area (Å²) in [7, 11) is 1.80. The molecule has 0 saturated heterocycles. The average Bonchev–Trinajstić information content (AvgIpc) is 3.18. The van der Waals surface area contributed by atoms with E-state index in [1.807, 2.05) is 47.8 Å². The van der Waals surface area contributed by atoms with Crippen LogP contribution >= 0.6 is 22.9 Å². The zero-order valence-electron chi connectivity index (χ0n) is 15.7. The van der Waals surface area contributed by atoms with E-state index in [-0.39, 0.29) is 17.7 Å². The molecule has 5 heteroatoms. The Balaban J connectivity index is 1.81. The van der Waals surface area contributed by atoms with Crippen LogP contribution in [-0.2, 0) is 4.79 Å². The average molecular weight is 399 g/mol. The topological polar surface area (TPSA) is 33.2 Å². The van der Waals surface area contributed by atoms with Gasteiger partial charge in [-0.25, -0.2) is 4.98 Å². The van der Waals surface area contributed by atoms with Crippen molar-refractivity contribution in [1.82, 2.24) is 4.98 Å². The Morgan fingerprint density at radius 3 is 2.48 bits per heavy atom. The lowest BCUT2D eigenvalue weighted by atomic mass is 9.85. The Morgan fingerprint density at radius 2 is 1.81 bits per heavy atom. The molecule has 0 bridgehead atoms. The largest absolute Gasteiger partial charge is 0.291 e. The molecule has 0 aliphatic carbocycles. The zero-order valence-corrected chi connectivity index (χ0v) is 17.3. The lowest BCUT2D eigenvalue weighted by Gasteiger charge is -2.26. The zero-order chi connectivity index (χ0) is 19.4. The molecule has 3 rings (SSSR count). The van der Waals surface area contributed by atoms with Crippen molar-refractivity contribution in [2.45, 2.75) is 26.2 Å². The summed E-state index contributed by atoms with van der Waals surface area (Å²) in [5.74, 6) is 0.146. The lowest BCUT2D eigenvalue weighted by Crippen LogP contribution is -2.35. The second-order valence-electron chi connectivity index (χ2n) is 6.61. The third kappa shape index (κ3) is 4.23. The van der Waals surface area contributed by atoms with E-state index in [4.69, 9.17) is 11.6 Å². The van der Waals surface area contributed by atoms with Crippen LogP contribution in [-0.4, -0.2) is 17.9 Å². The number of anilines is 1. The molecule has 140 valence electrons. The minimum absolute atomic E-state index is 0.0916. The third-order valence-corrected chi connectivity index (χ3v) is 6.19. The minimum Gasteiger partial charge on any atom is -0.291 e. The van der Waals surface area contributed by atoms with Gasteiger partial charge in [0.1, 0.15) is 0 Å². The second-order valence-corrected chi connectivity index (χ2v) is 7.85. The predicted octanol–water partition coefficient (Wildman–Crippen LogP) is 6.26. The number of carbonyl (C=O) groups excluding carboxylic acids is 1. The highest BCUT2D eigenvalue weighted by Gasteiger charge is 2.29. The molecule has 2 atom stereocenters. The fraction of sp³-hybridized carbons (Fsp3) is 0.273. The van der Waals surface area contributed by atoms with Gasteiger partial charge in [-0.1, -0.05) is 74.0 Å². The van der Waals surface area contributed by atoms with Crippen molar-refractivity contribution in [2.24, 2.45) is 5.92 Å². The van der Waals surface area contributed by atoms with Crippen molar-refractivity contribution in [3.8, 4) is 11.3 Å². The van der Waals surface area contributed by atoms with Crippen molar-refractivity contribution in [1.29, 1.82) is 0 Å². The summed E-state index contributed by atoms with van der Waals surface area (Å²) in [4.78, 5) is 19.5. The van der Waals surface area contributed by atoms with Crippen LogP contribution in [0.2, 0.25) is 5.02 Å². The smallest absolute Gasteiger partial charge is 0.232 e. The van der Waals surface area contributed by atoms with E-state index in [2.05, 4.69) is 31.0 Å². The summed E-state index contributed by atoms with van der Waals surface area (Å²) in [5, 5.41) is 3.29. The number of rotatable bonds is 6. The Labute approximate surface area is 169 Å². The Morgan fingerprint density at radius 1 is 1.15 bits per heavy atom. The van der Waals surface area contributed by atoms with Gasteiger partial charge in [0.2, 0.25) is 5.91 Å². The fourth-order valence-corrected chi connectivity index (χ4v) is 4.31. The number of thiazole rings is 1. The standard InChI is InChI=1S/C22H23ClN2OS/c1-4-17(15(2)16-10-6-5-7-11-16)21(26)25(3)22-24-20(14-27-22)18-12-8-9-13-19(18)23/h5-15,17H,4H2,1-3H3/t15?,17-/m0/s1. The third-order valence-electron chi connectivity index (χ3n) is 4.95. The number of aromatic nitrogens is 1. The summed E-state index contributed by atoms with van der Waals surface area (Å²) in [5.41, 5.74) is 2.86. The van der Waals surface area contributed by atoms with Gasteiger partial charge in [0.05, 0.1) is 5.69 Å². The van der Waals surface area contributed by atoms with Crippen molar-refractivity contribution in [2.75, 3.05) is 11.9 Å². The Bertz CT molecular complexity index is 909. The van der Waals surface area contributed by atoms with Gasteiger partial charge in [0.25, 0.3) is 0 Å². The number of amides is 1. The van der Waals surface area contributed by atoms with Crippen molar-refractivity contribution in [3.63, 3.8) is 0 Å². The van der Waals surface area contributed by atoms with Crippen LogP contribution in [0.25, 0.3) is 11.3 Å². The molecule has 3 aromatic rings.